The first-order valence-corrected chi connectivity index (χ1v) is 10.9. The zero-order valence-corrected chi connectivity index (χ0v) is 17.5. The van der Waals surface area contributed by atoms with Gasteiger partial charge < -0.3 is 14.5 Å². The van der Waals surface area contributed by atoms with E-state index in [9.17, 15) is 4.79 Å². The summed E-state index contributed by atoms with van der Waals surface area (Å²) < 4.78 is 14.2. The quantitative estimate of drug-likeness (QED) is 0.722. The second-order valence-electron chi connectivity index (χ2n) is 8.53. The molecule has 158 valence electrons. The van der Waals surface area contributed by atoms with Gasteiger partial charge in [0.15, 0.2) is 0 Å². The molecule has 30 heavy (non-hydrogen) atoms. The molecule has 0 spiro atoms. The minimum Gasteiger partial charge on any atom is -0.376 e. The van der Waals surface area contributed by atoms with E-state index in [-0.39, 0.29) is 11.7 Å². The molecular weight excluding hydrogens is 378 g/mol. The number of hydrogen-bond acceptors (Lipinski definition) is 4. The lowest BCUT2D eigenvalue weighted by atomic mass is 9.88. The predicted octanol–water partition coefficient (Wildman–Crippen LogP) is 3.22. The van der Waals surface area contributed by atoms with Gasteiger partial charge in [0.05, 0.1) is 30.9 Å². The SMILES string of the molecule is Cc1ccccc1C1(CN2CCC(n3c(=O)[nH]c4ccccc43)CC2)COCCO1. The number of nitrogens with one attached hydrogen (secondary N) is 1. The lowest BCUT2D eigenvalue weighted by Gasteiger charge is -2.43. The Morgan fingerprint density at radius 3 is 2.60 bits per heavy atom. The molecule has 1 aromatic heterocycles. The van der Waals surface area contributed by atoms with Crippen molar-refractivity contribution in [3.8, 4) is 0 Å². The zero-order valence-electron chi connectivity index (χ0n) is 17.5. The van der Waals surface area contributed by atoms with E-state index < -0.39 is 5.60 Å². The molecule has 2 aliphatic rings. The molecule has 6 heteroatoms. The van der Waals surface area contributed by atoms with Crippen LogP contribution in [-0.2, 0) is 15.1 Å². The fourth-order valence-electron chi connectivity index (χ4n) is 5.12. The van der Waals surface area contributed by atoms with Crippen LogP contribution in [0.25, 0.3) is 11.0 Å². The highest BCUT2D eigenvalue weighted by Crippen LogP contribution is 2.34. The first-order valence-electron chi connectivity index (χ1n) is 10.9. The van der Waals surface area contributed by atoms with E-state index >= 15 is 0 Å². The van der Waals surface area contributed by atoms with Gasteiger partial charge in [0.2, 0.25) is 0 Å². The number of aromatic amines is 1. The van der Waals surface area contributed by atoms with Crippen LogP contribution in [0.3, 0.4) is 0 Å². The summed E-state index contributed by atoms with van der Waals surface area (Å²) in [6, 6.07) is 16.6. The highest BCUT2D eigenvalue weighted by atomic mass is 16.6. The lowest BCUT2D eigenvalue weighted by molar-refractivity contribution is -0.174. The standard InChI is InChI=1S/C24H29N3O3/c1-18-6-2-3-7-20(18)24(17-29-14-15-30-24)16-26-12-10-19(11-13-26)27-22-9-5-4-8-21(22)25-23(27)28/h2-9,19H,10-17H2,1H3,(H,25,28). The predicted molar refractivity (Wildman–Crippen MR) is 117 cm³/mol. The highest BCUT2D eigenvalue weighted by molar-refractivity contribution is 5.75. The summed E-state index contributed by atoms with van der Waals surface area (Å²) in [6.07, 6.45) is 1.90. The number of aromatic nitrogens is 2. The van der Waals surface area contributed by atoms with Crippen LogP contribution in [0, 0.1) is 6.92 Å². The van der Waals surface area contributed by atoms with Crippen molar-refractivity contribution in [3.63, 3.8) is 0 Å². The monoisotopic (exact) mass is 407 g/mol. The van der Waals surface area contributed by atoms with Crippen LogP contribution >= 0.6 is 0 Å². The third-order valence-electron chi connectivity index (χ3n) is 6.60. The molecule has 1 atom stereocenters. The molecule has 2 aromatic carbocycles. The maximum Gasteiger partial charge on any atom is 0.326 e. The Kier molecular flexibility index (Phi) is 5.23. The van der Waals surface area contributed by atoms with Crippen LogP contribution < -0.4 is 5.69 Å². The molecule has 0 radical (unpaired) electrons. The van der Waals surface area contributed by atoms with Crippen molar-refractivity contribution >= 4 is 11.0 Å². The first-order chi connectivity index (χ1) is 14.7. The van der Waals surface area contributed by atoms with Crippen molar-refractivity contribution in [1.82, 2.24) is 14.5 Å². The number of nitrogens with zero attached hydrogens (tertiary/aromatic N) is 2. The minimum atomic E-state index is -0.423. The lowest BCUT2D eigenvalue weighted by Crippen LogP contribution is -2.51. The van der Waals surface area contributed by atoms with Gasteiger partial charge in [-0.1, -0.05) is 36.4 Å². The Morgan fingerprint density at radius 2 is 1.83 bits per heavy atom. The number of rotatable bonds is 4. The van der Waals surface area contributed by atoms with Gasteiger partial charge in [0.1, 0.15) is 5.60 Å². The fourth-order valence-corrected chi connectivity index (χ4v) is 5.12. The number of para-hydroxylation sites is 2. The van der Waals surface area contributed by atoms with Crippen molar-refractivity contribution in [2.45, 2.75) is 31.4 Å². The fraction of sp³-hybridized carbons (Fsp3) is 0.458. The number of hydrogen-bond donors (Lipinski definition) is 1. The number of piperidine rings is 1. The molecule has 0 bridgehead atoms. The summed E-state index contributed by atoms with van der Waals surface area (Å²) in [5.74, 6) is 0. The largest absolute Gasteiger partial charge is 0.376 e. The van der Waals surface area contributed by atoms with Gasteiger partial charge in [-0.3, -0.25) is 9.47 Å². The maximum atomic E-state index is 12.6. The number of aryl methyl sites for hydroxylation is 1. The average Bonchev–Trinajstić information content (AvgIpc) is 3.11. The second-order valence-corrected chi connectivity index (χ2v) is 8.53. The number of likely N-dealkylation sites (tertiary alicyclic amines) is 1. The number of H-pyrrole nitrogens is 1. The molecule has 3 aromatic rings. The Hall–Kier alpha value is -2.41. The van der Waals surface area contributed by atoms with Gasteiger partial charge in [-0.2, -0.15) is 0 Å². The molecule has 0 aliphatic carbocycles. The average molecular weight is 408 g/mol. The summed E-state index contributed by atoms with van der Waals surface area (Å²) >= 11 is 0. The topological polar surface area (TPSA) is 59.5 Å². The van der Waals surface area contributed by atoms with E-state index in [0.29, 0.717) is 19.8 Å². The van der Waals surface area contributed by atoms with Gasteiger partial charge in [0.25, 0.3) is 0 Å². The Bertz CT molecular complexity index is 1070. The van der Waals surface area contributed by atoms with E-state index in [0.717, 1.165) is 43.5 Å². The normalized spacial score (nSPS) is 23.8. The van der Waals surface area contributed by atoms with E-state index in [1.807, 2.05) is 28.8 Å². The Balaban J connectivity index is 1.34. The molecule has 2 aliphatic heterocycles. The van der Waals surface area contributed by atoms with Crippen molar-refractivity contribution < 1.29 is 9.47 Å². The number of imidazole rings is 1. The van der Waals surface area contributed by atoms with Crippen molar-refractivity contribution in [3.05, 3.63) is 70.1 Å². The highest BCUT2D eigenvalue weighted by Gasteiger charge is 2.40. The molecule has 3 heterocycles. The van der Waals surface area contributed by atoms with Crippen LogP contribution in [0.4, 0.5) is 0 Å². The van der Waals surface area contributed by atoms with Crippen LogP contribution in [0.1, 0.15) is 30.0 Å². The first kappa shape index (κ1) is 19.5. The van der Waals surface area contributed by atoms with Gasteiger partial charge >= 0.3 is 5.69 Å². The third kappa shape index (κ3) is 3.49. The summed E-state index contributed by atoms with van der Waals surface area (Å²) in [7, 11) is 0. The van der Waals surface area contributed by atoms with Gasteiger partial charge in [-0.25, -0.2) is 4.79 Å². The van der Waals surface area contributed by atoms with Crippen molar-refractivity contribution in [1.29, 1.82) is 0 Å². The molecule has 0 amide bonds. The van der Waals surface area contributed by atoms with Crippen LogP contribution in [0.2, 0.25) is 0 Å². The molecule has 1 unspecified atom stereocenters. The second kappa shape index (κ2) is 8.02. The summed E-state index contributed by atoms with van der Waals surface area (Å²) in [5.41, 5.74) is 3.95. The smallest absolute Gasteiger partial charge is 0.326 e. The van der Waals surface area contributed by atoms with Crippen LogP contribution in [-0.4, -0.2) is 53.9 Å². The van der Waals surface area contributed by atoms with Crippen molar-refractivity contribution in [2.24, 2.45) is 0 Å². The van der Waals surface area contributed by atoms with Crippen molar-refractivity contribution in [2.75, 3.05) is 39.5 Å². The van der Waals surface area contributed by atoms with E-state index in [1.54, 1.807) is 0 Å². The maximum absolute atomic E-state index is 12.6. The molecule has 0 saturated carbocycles. The summed E-state index contributed by atoms with van der Waals surface area (Å²) in [5, 5.41) is 0. The van der Waals surface area contributed by atoms with Gasteiger partial charge in [-0.05, 0) is 43.0 Å². The summed E-state index contributed by atoms with van der Waals surface area (Å²) in [6.45, 7) is 6.69. The summed E-state index contributed by atoms with van der Waals surface area (Å²) in [4.78, 5) is 18.0. The Morgan fingerprint density at radius 1 is 1.07 bits per heavy atom. The zero-order chi connectivity index (χ0) is 20.6. The molecule has 6 nitrogen and oxygen atoms in total. The van der Waals surface area contributed by atoms with Crippen LogP contribution in [0.5, 0.6) is 0 Å². The van der Waals surface area contributed by atoms with E-state index in [4.69, 9.17) is 9.47 Å². The minimum absolute atomic E-state index is 0.00459. The van der Waals surface area contributed by atoms with Gasteiger partial charge in [0, 0.05) is 25.7 Å². The molecule has 2 fully saturated rings. The number of fused-ring (bicyclic) bond motifs is 1. The number of benzene rings is 2. The molecule has 1 N–H and O–H groups in total. The van der Waals surface area contributed by atoms with Crippen LogP contribution in [0.15, 0.2) is 53.3 Å². The molecule has 2 saturated heterocycles. The van der Waals surface area contributed by atoms with E-state index in [2.05, 4.69) is 41.1 Å². The molecular formula is C24H29N3O3. The molecule has 5 rings (SSSR count). The van der Waals surface area contributed by atoms with Gasteiger partial charge in [-0.15, -0.1) is 0 Å². The Labute approximate surface area is 176 Å². The van der Waals surface area contributed by atoms with E-state index in [1.165, 1.54) is 11.1 Å². The third-order valence-corrected chi connectivity index (χ3v) is 6.60. The number of ether oxygens (including phenoxy) is 2.